The number of esters is 1. The number of hydrogen-bond donors (Lipinski definition) is 0. The molecule has 0 saturated heterocycles. The smallest absolute Gasteiger partial charge is 0.306 e. The van der Waals surface area contributed by atoms with Crippen LogP contribution in [0.2, 0.25) is 0 Å². The minimum Gasteiger partial charge on any atom is -0.486 e. The maximum atomic E-state index is 14.2. The number of Topliss-reactive ketones (excluding diaryl/α,β-unsaturated/α-hetero) is 1. The Bertz CT molecular complexity index is 779. The second-order valence-electron chi connectivity index (χ2n) is 7.34. The zero-order valence-electron chi connectivity index (χ0n) is 16.0. The molecule has 2 aromatic rings. The zero-order chi connectivity index (χ0) is 19.9. The van der Waals surface area contributed by atoms with Gasteiger partial charge < -0.3 is 9.47 Å². The van der Waals surface area contributed by atoms with E-state index in [4.69, 9.17) is 9.47 Å². The van der Waals surface area contributed by atoms with E-state index in [2.05, 4.69) is 0 Å². The van der Waals surface area contributed by atoms with Gasteiger partial charge in [-0.25, -0.2) is 4.39 Å². The van der Waals surface area contributed by atoms with Gasteiger partial charge in [0.25, 0.3) is 0 Å². The van der Waals surface area contributed by atoms with Gasteiger partial charge in [-0.2, -0.15) is 0 Å². The Balaban J connectivity index is 1.84. The molecule has 0 unspecified atom stereocenters. The van der Waals surface area contributed by atoms with E-state index >= 15 is 0 Å². The Labute approximate surface area is 159 Å². The van der Waals surface area contributed by atoms with E-state index in [0.29, 0.717) is 5.56 Å². The molecule has 0 aromatic heterocycles. The molecule has 5 heteroatoms. The van der Waals surface area contributed by atoms with Crippen molar-refractivity contribution < 1.29 is 23.5 Å². The third-order valence-electron chi connectivity index (χ3n) is 3.66. The van der Waals surface area contributed by atoms with Crippen molar-refractivity contribution in [2.45, 2.75) is 52.2 Å². The molecule has 0 aliphatic heterocycles. The number of carbonyl (C=O) groups is 2. The summed E-state index contributed by atoms with van der Waals surface area (Å²) >= 11 is 0. The fourth-order valence-electron chi connectivity index (χ4n) is 2.46. The third-order valence-corrected chi connectivity index (χ3v) is 3.66. The predicted molar refractivity (Wildman–Crippen MR) is 101 cm³/mol. The van der Waals surface area contributed by atoms with Crippen molar-refractivity contribution in [1.29, 1.82) is 0 Å². The van der Waals surface area contributed by atoms with Crippen molar-refractivity contribution >= 4 is 11.8 Å². The molecule has 0 heterocycles. The van der Waals surface area contributed by atoms with Gasteiger partial charge in [0.05, 0.1) is 6.42 Å². The van der Waals surface area contributed by atoms with Crippen molar-refractivity contribution in [3.8, 4) is 5.75 Å². The first-order chi connectivity index (χ1) is 12.7. The molecule has 0 bridgehead atoms. The standard InChI is InChI=1S/C22H25FO4/c1-22(2,3)27-21(25)12-10-18(24)13-17-9-11-20(19(23)14-17)26-15-16-7-5-4-6-8-16/h4-9,11,14H,10,12-13,15H2,1-3H3. The largest absolute Gasteiger partial charge is 0.486 e. The molecule has 2 aromatic carbocycles. The van der Waals surface area contributed by atoms with Crippen LogP contribution in [0.1, 0.15) is 44.7 Å². The summed E-state index contributed by atoms with van der Waals surface area (Å²) in [6, 6.07) is 14.0. The lowest BCUT2D eigenvalue weighted by atomic mass is 10.1. The van der Waals surface area contributed by atoms with Gasteiger partial charge in [-0.05, 0) is 44.0 Å². The molecular weight excluding hydrogens is 347 g/mol. The zero-order valence-corrected chi connectivity index (χ0v) is 16.0. The van der Waals surface area contributed by atoms with Gasteiger partial charge in [-0.1, -0.05) is 36.4 Å². The molecule has 0 atom stereocenters. The van der Waals surface area contributed by atoms with Crippen LogP contribution in [0.3, 0.4) is 0 Å². The van der Waals surface area contributed by atoms with Gasteiger partial charge in [-0.3, -0.25) is 9.59 Å². The lowest BCUT2D eigenvalue weighted by Gasteiger charge is -2.19. The molecule has 0 fully saturated rings. The van der Waals surface area contributed by atoms with E-state index in [1.54, 1.807) is 26.8 Å². The molecule has 0 aliphatic rings. The molecular formula is C22H25FO4. The van der Waals surface area contributed by atoms with Crippen LogP contribution in [-0.4, -0.2) is 17.4 Å². The second kappa shape index (κ2) is 9.31. The molecule has 2 rings (SSSR count). The summed E-state index contributed by atoms with van der Waals surface area (Å²) in [6.07, 6.45) is 0.165. The Kier molecular flexibility index (Phi) is 7.11. The third kappa shape index (κ3) is 7.60. The summed E-state index contributed by atoms with van der Waals surface area (Å²) in [4.78, 5) is 23.7. The summed E-state index contributed by atoms with van der Waals surface area (Å²) in [7, 11) is 0. The Hall–Kier alpha value is -2.69. The van der Waals surface area contributed by atoms with E-state index < -0.39 is 17.4 Å². The normalized spacial score (nSPS) is 11.1. The first-order valence-corrected chi connectivity index (χ1v) is 8.91. The summed E-state index contributed by atoms with van der Waals surface area (Å²) in [5.41, 5.74) is 0.922. The molecule has 0 saturated carbocycles. The molecule has 0 N–H and O–H groups in total. The van der Waals surface area contributed by atoms with Crippen molar-refractivity contribution in [2.24, 2.45) is 0 Å². The number of carbonyl (C=O) groups excluding carboxylic acids is 2. The maximum absolute atomic E-state index is 14.2. The summed E-state index contributed by atoms with van der Waals surface area (Å²) in [5, 5.41) is 0. The first-order valence-electron chi connectivity index (χ1n) is 8.91. The lowest BCUT2D eigenvalue weighted by molar-refractivity contribution is -0.155. The molecule has 0 radical (unpaired) electrons. The average molecular weight is 372 g/mol. The van der Waals surface area contributed by atoms with Gasteiger partial charge in [0.1, 0.15) is 18.0 Å². The van der Waals surface area contributed by atoms with Gasteiger partial charge in [-0.15, -0.1) is 0 Å². The van der Waals surface area contributed by atoms with Gasteiger partial charge >= 0.3 is 5.97 Å². The van der Waals surface area contributed by atoms with E-state index in [-0.39, 0.29) is 37.4 Å². The summed E-state index contributed by atoms with van der Waals surface area (Å²) in [5.74, 6) is -0.919. The summed E-state index contributed by atoms with van der Waals surface area (Å²) < 4.78 is 24.8. The minimum atomic E-state index is -0.571. The van der Waals surface area contributed by atoms with Crippen LogP contribution in [0.25, 0.3) is 0 Å². The minimum absolute atomic E-state index is 0.0247. The molecule has 0 spiro atoms. The van der Waals surface area contributed by atoms with Crippen LogP contribution in [0, 0.1) is 5.82 Å². The van der Waals surface area contributed by atoms with E-state index in [9.17, 15) is 14.0 Å². The van der Waals surface area contributed by atoms with Gasteiger partial charge in [0, 0.05) is 12.8 Å². The van der Waals surface area contributed by atoms with Gasteiger partial charge in [0.15, 0.2) is 11.6 Å². The highest BCUT2D eigenvalue weighted by atomic mass is 19.1. The molecule has 27 heavy (non-hydrogen) atoms. The van der Waals surface area contributed by atoms with Crippen LogP contribution in [0.4, 0.5) is 4.39 Å². The van der Waals surface area contributed by atoms with Crippen LogP contribution < -0.4 is 4.74 Å². The number of rotatable bonds is 8. The highest BCUT2D eigenvalue weighted by molar-refractivity contribution is 5.84. The van der Waals surface area contributed by atoms with E-state index in [0.717, 1.165) is 5.56 Å². The number of hydrogen-bond acceptors (Lipinski definition) is 4. The SMILES string of the molecule is CC(C)(C)OC(=O)CCC(=O)Cc1ccc(OCc2ccccc2)c(F)c1. The number of benzene rings is 2. The van der Waals surface area contributed by atoms with E-state index in [1.807, 2.05) is 30.3 Å². The quantitative estimate of drug-likeness (QED) is 0.634. The summed E-state index contributed by atoms with van der Waals surface area (Å²) in [6.45, 7) is 5.59. The van der Waals surface area contributed by atoms with Crippen LogP contribution in [-0.2, 0) is 27.4 Å². The number of halogens is 1. The molecule has 4 nitrogen and oxygen atoms in total. The molecule has 0 amide bonds. The average Bonchev–Trinajstić information content (AvgIpc) is 2.59. The first kappa shape index (κ1) is 20.6. The predicted octanol–water partition coefficient (Wildman–Crippen LogP) is 4.64. The fourth-order valence-corrected chi connectivity index (χ4v) is 2.46. The Morgan fingerprint density at radius 1 is 0.963 bits per heavy atom. The monoisotopic (exact) mass is 372 g/mol. The number of ketones is 1. The lowest BCUT2D eigenvalue weighted by Crippen LogP contribution is -2.24. The Morgan fingerprint density at radius 3 is 2.30 bits per heavy atom. The highest BCUT2D eigenvalue weighted by Gasteiger charge is 2.17. The van der Waals surface area contributed by atoms with Gasteiger partial charge in [0.2, 0.25) is 0 Å². The van der Waals surface area contributed by atoms with Crippen LogP contribution >= 0.6 is 0 Å². The fraction of sp³-hybridized carbons (Fsp3) is 0.364. The van der Waals surface area contributed by atoms with Crippen LogP contribution in [0.5, 0.6) is 5.75 Å². The number of ether oxygens (including phenoxy) is 2. The second-order valence-corrected chi connectivity index (χ2v) is 7.34. The van der Waals surface area contributed by atoms with Crippen LogP contribution in [0.15, 0.2) is 48.5 Å². The molecule has 144 valence electrons. The Morgan fingerprint density at radius 2 is 1.67 bits per heavy atom. The molecule has 0 aliphatic carbocycles. The van der Waals surface area contributed by atoms with Crippen molar-refractivity contribution in [1.82, 2.24) is 0 Å². The van der Waals surface area contributed by atoms with Crippen molar-refractivity contribution in [2.75, 3.05) is 0 Å². The van der Waals surface area contributed by atoms with Crippen molar-refractivity contribution in [3.05, 3.63) is 65.5 Å². The highest BCUT2D eigenvalue weighted by Crippen LogP contribution is 2.20. The topological polar surface area (TPSA) is 52.6 Å². The van der Waals surface area contributed by atoms with Crippen molar-refractivity contribution in [3.63, 3.8) is 0 Å². The maximum Gasteiger partial charge on any atom is 0.306 e. The van der Waals surface area contributed by atoms with E-state index in [1.165, 1.54) is 12.1 Å².